The highest BCUT2D eigenvalue weighted by Gasteiger charge is 2.16. The molecule has 1 unspecified atom stereocenters. The number of amides is 3. The summed E-state index contributed by atoms with van der Waals surface area (Å²) in [4.78, 5) is 23.6. The third-order valence-corrected chi connectivity index (χ3v) is 3.21. The molecule has 1 rings (SSSR count). The van der Waals surface area contributed by atoms with Crippen LogP contribution < -0.4 is 16.0 Å². The van der Waals surface area contributed by atoms with Crippen molar-refractivity contribution < 1.29 is 18.7 Å². The minimum absolute atomic E-state index is 0.0264. The molecule has 1 aromatic carbocycles. The van der Waals surface area contributed by atoms with E-state index in [0.717, 1.165) is 12.1 Å². The van der Waals surface area contributed by atoms with E-state index < -0.39 is 17.9 Å². The monoisotopic (exact) mass is 350 g/mol. The van der Waals surface area contributed by atoms with Gasteiger partial charge in [-0.2, -0.15) is 5.26 Å². The molecule has 1 aromatic rings. The molecular formula is C17H23FN4O3. The minimum Gasteiger partial charge on any atom is -0.450 e. The molecule has 0 aromatic heterocycles. The number of alkyl carbamates (subject to hydrolysis) is 1. The Bertz CT molecular complexity index is 643. The summed E-state index contributed by atoms with van der Waals surface area (Å²) >= 11 is 0. The lowest BCUT2D eigenvalue weighted by atomic mass is 10.0. The first-order valence-corrected chi connectivity index (χ1v) is 8.03. The van der Waals surface area contributed by atoms with Crippen LogP contribution in [0.5, 0.6) is 0 Å². The highest BCUT2D eigenvalue weighted by atomic mass is 19.1. The summed E-state index contributed by atoms with van der Waals surface area (Å²) in [5.41, 5.74) is 0.235. The van der Waals surface area contributed by atoms with Crippen LogP contribution in [-0.4, -0.2) is 31.3 Å². The fraction of sp³-hybridized carbons (Fsp3) is 0.471. The fourth-order valence-electron chi connectivity index (χ4n) is 2.20. The summed E-state index contributed by atoms with van der Waals surface area (Å²) in [6.45, 7) is 6.15. The number of carbonyl (C=O) groups is 2. The molecule has 0 heterocycles. The Hall–Kier alpha value is -2.82. The summed E-state index contributed by atoms with van der Waals surface area (Å²) in [6.07, 6.45) is 0.111. The maximum absolute atomic E-state index is 13.1. The van der Waals surface area contributed by atoms with Crippen molar-refractivity contribution in [3.8, 4) is 6.07 Å². The van der Waals surface area contributed by atoms with E-state index in [-0.39, 0.29) is 30.4 Å². The first kappa shape index (κ1) is 20.2. The summed E-state index contributed by atoms with van der Waals surface area (Å²) < 4.78 is 17.9. The Labute approximate surface area is 146 Å². The Kier molecular flexibility index (Phi) is 8.19. The normalized spacial score (nSPS) is 11.4. The Morgan fingerprint density at radius 1 is 1.36 bits per heavy atom. The molecule has 25 heavy (non-hydrogen) atoms. The summed E-state index contributed by atoms with van der Waals surface area (Å²) in [5.74, 6) is -0.253. The predicted octanol–water partition coefficient (Wildman–Crippen LogP) is 2.98. The molecular weight excluding hydrogens is 327 g/mol. The minimum atomic E-state index is -0.557. The zero-order valence-electron chi connectivity index (χ0n) is 14.6. The number of urea groups is 1. The predicted molar refractivity (Wildman–Crippen MR) is 91.5 cm³/mol. The van der Waals surface area contributed by atoms with Crippen LogP contribution in [0.25, 0.3) is 0 Å². The van der Waals surface area contributed by atoms with Crippen LogP contribution in [0.3, 0.4) is 0 Å². The number of hydrogen-bond donors (Lipinski definition) is 3. The van der Waals surface area contributed by atoms with Crippen LogP contribution in [0.4, 0.5) is 19.7 Å². The van der Waals surface area contributed by atoms with E-state index in [9.17, 15) is 14.0 Å². The number of benzene rings is 1. The van der Waals surface area contributed by atoms with Crippen LogP contribution in [0.1, 0.15) is 32.8 Å². The largest absolute Gasteiger partial charge is 0.450 e. The fourth-order valence-corrected chi connectivity index (χ4v) is 2.20. The Morgan fingerprint density at radius 3 is 2.68 bits per heavy atom. The molecule has 0 spiro atoms. The van der Waals surface area contributed by atoms with Crippen molar-refractivity contribution in [2.75, 3.05) is 18.5 Å². The smallest absolute Gasteiger partial charge is 0.407 e. The van der Waals surface area contributed by atoms with Crippen LogP contribution in [0, 0.1) is 23.1 Å². The van der Waals surface area contributed by atoms with E-state index >= 15 is 0 Å². The Balaban J connectivity index is 2.62. The van der Waals surface area contributed by atoms with Gasteiger partial charge in [0.25, 0.3) is 0 Å². The van der Waals surface area contributed by atoms with Crippen LogP contribution in [0.15, 0.2) is 18.2 Å². The summed E-state index contributed by atoms with van der Waals surface area (Å²) in [6, 6.07) is 4.48. The number of nitrogens with zero attached hydrogens (tertiary/aromatic N) is 1. The van der Waals surface area contributed by atoms with Gasteiger partial charge in [-0.05, 0) is 37.5 Å². The third-order valence-electron chi connectivity index (χ3n) is 3.21. The second-order valence-corrected chi connectivity index (χ2v) is 5.83. The molecule has 0 bridgehead atoms. The van der Waals surface area contributed by atoms with E-state index in [4.69, 9.17) is 10.00 Å². The SMILES string of the molecule is CCOC(=O)NC(CNC(=O)Nc1ccc(F)cc1C#N)CC(C)C. The van der Waals surface area contributed by atoms with Crippen LogP contribution in [0.2, 0.25) is 0 Å². The molecule has 0 aliphatic carbocycles. The second kappa shape index (κ2) is 10.1. The maximum atomic E-state index is 13.1. The van der Waals surface area contributed by atoms with E-state index in [1.54, 1.807) is 6.92 Å². The van der Waals surface area contributed by atoms with Gasteiger partial charge in [0.05, 0.1) is 17.9 Å². The van der Waals surface area contributed by atoms with Crippen molar-refractivity contribution in [1.29, 1.82) is 5.26 Å². The average Bonchev–Trinajstić information content (AvgIpc) is 2.54. The number of hydrogen-bond acceptors (Lipinski definition) is 4. The van der Waals surface area contributed by atoms with Gasteiger partial charge in [0, 0.05) is 12.6 Å². The molecule has 0 saturated carbocycles. The van der Waals surface area contributed by atoms with Gasteiger partial charge in [-0.25, -0.2) is 14.0 Å². The van der Waals surface area contributed by atoms with Gasteiger partial charge < -0.3 is 20.7 Å². The highest BCUT2D eigenvalue weighted by molar-refractivity contribution is 5.90. The van der Waals surface area contributed by atoms with Gasteiger partial charge in [0.1, 0.15) is 11.9 Å². The molecule has 136 valence electrons. The topological polar surface area (TPSA) is 103 Å². The lowest BCUT2D eigenvalue weighted by Crippen LogP contribution is -2.45. The average molecular weight is 350 g/mol. The van der Waals surface area contributed by atoms with Crippen molar-refractivity contribution in [2.24, 2.45) is 5.92 Å². The molecule has 0 fully saturated rings. The molecule has 7 nitrogen and oxygen atoms in total. The van der Waals surface area contributed by atoms with Gasteiger partial charge in [0.15, 0.2) is 0 Å². The van der Waals surface area contributed by atoms with Gasteiger partial charge >= 0.3 is 12.1 Å². The van der Waals surface area contributed by atoms with Gasteiger partial charge in [-0.15, -0.1) is 0 Å². The van der Waals surface area contributed by atoms with Crippen molar-refractivity contribution in [1.82, 2.24) is 10.6 Å². The zero-order valence-corrected chi connectivity index (χ0v) is 14.6. The Morgan fingerprint density at radius 2 is 2.08 bits per heavy atom. The maximum Gasteiger partial charge on any atom is 0.407 e. The third kappa shape index (κ3) is 7.52. The van der Waals surface area contributed by atoms with E-state index in [2.05, 4.69) is 16.0 Å². The number of nitriles is 1. The van der Waals surface area contributed by atoms with Crippen molar-refractivity contribution in [2.45, 2.75) is 33.2 Å². The highest BCUT2D eigenvalue weighted by Crippen LogP contribution is 2.15. The molecule has 3 amide bonds. The first-order valence-electron chi connectivity index (χ1n) is 8.03. The molecule has 1 atom stereocenters. The molecule has 8 heteroatoms. The summed E-state index contributed by atoms with van der Waals surface area (Å²) in [5, 5.41) is 16.8. The second-order valence-electron chi connectivity index (χ2n) is 5.83. The van der Waals surface area contributed by atoms with Gasteiger partial charge in [-0.1, -0.05) is 13.8 Å². The number of anilines is 1. The molecule has 0 saturated heterocycles. The zero-order chi connectivity index (χ0) is 18.8. The standard InChI is InChI=1S/C17H23FN4O3/c1-4-25-17(24)21-14(7-11(2)3)10-20-16(23)22-15-6-5-13(18)8-12(15)9-19/h5-6,8,11,14H,4,7,10H2,1-3H3,(H,21,24)(H2,20,22,23). The van der Waals surface area contributed by atoms with Gasteiger partial charge in [-0.3, -0.25) is 0 Å². The first-order chi connectivity index (χ1) is 11.8. The molecule has 0 aliphatic heterocycles. The van der Waals surface area contributed by atoms with E-state index in [1.165, 1.54) is 6.07 Å². The van der Waals surface area contributed by atoms with Crippen LogP contribution in [-0.2, 0) is 4.74 Å². The number of rotatable bonds is 7. The van der Waals surface area contributed by atoms with E-state index in [1.807, 2.05) is 19.9 Å². The molecule has 0 aliphatic rings. The van der Waals surface area contributed by atoms with Gasteiger partial charge in [0.2, 0.25) is 0 Å². The number of ether oxygens (including phenoxy) is 1. The quantitative estimate of drug-likeness (QED) is 0.703. The van der Waals surface area contributed by atoms with Crippen molar-refractivity contribution in [3.05, 3.63) is 29.6 Å². The summed E-state index contributed by atoms with van der Waals surface area (Å²) in [7, 11) is 0. The molecule has 3 N–H and O–H groups in total. The van der Waals surface area contributed by atoms with Crippen LogP contribution >= 0.6 is 0 Å². The molecule has 0 radical (unpaired) electrons. The van der Waals surface area contributed by atoms with Crippen molar-refractivity contribution in [3.63, 3.8) is 0 Å². The van der Waals surface area contributed by atoms with Crippen molar-refractivity contribution >= 4 is 17.8 Å². The number of carbonyl (C=O) groups excluding carboxylic acids is 2. The number of halogens is 1. The van der Waals surface area contributed by atoms with E-state index in [0.29, 0.717) is 12.3 Å². The lowest BCUT2D eigenvalue weighted by Gasteiger charge is -2.21. The lowest BCUT2D eigenvalue weighted by molar-refractivity contribution is 0.146. The number of nitrogens with one attached hydrogen (secondary N) is 3.